The molecule has 2 saturated carbocycles. The lowest BCUT2D eigenvalue weighted by molar-refractivity contribution is 0.0327. The van der Waals surface area contributed by atoms with Crippen molar-refractivity contribution in [3.8, 4) is 0 Å². The fraction of sp³-hybridized carbons (Fsp3) is 1.00. The highest BCUT2D eigenvalue weighted by atomic mass is 16.3. The molecule has 0 aromatic rings. The van der Waals surface area contributed by atoms with Crippen LogP contribution in [0, 0.1) is 29.6 Å². The van der Waals surface area contributed by atoms with E-state index >= 15 is 0 Å². The molecule has 1 atom stereocenters. The predicted octanol–water partition coefficient (Wildman–Crippen LogP) is 4.88. The molecule has 2 fully saturated rings. The van der Waals surface area contributed by atoms with Gasteiger partial charge in [0.05, 0.1) is 11.7 Å². The molecule has 0 aliphatic heterocycles. The fourth-order valence-corrected chi connectivity index (χ4v) is 1.74. The zero-order valence-corrected chi connectivity index (χ0v) is 15.7. The summed E-state index contributed by atoms with van der Waals surface area (Å²) in [7, 11) is 0. The molecule has 2 N–H and O–H groups in total. The number of hydrogen-bond donors (Lipinski definition) is 2. The Balaban J connectivity index is 0.000000289. The minimum absolute atomic E-state index is 0.0185. The Labute approximate surface area is 133 Å². The number of hydrogen-bond acceptors (Lipinski definition) is 2. The molecule has 2 rings (SSSR count). The Morgan fingerprint density at radius 3 is 1.19 bits per heavy atom. The summed E-state index contributed by atoms with van der Waals surface area (Å²) in [6.45, 7) is 16.4. The van der Waals surface area contributed by atoms with Gasteiger partial charge in [0.25, 0.3) is 0 Å². The van der Waals surface area contributed by atoms with E-state index in [2.05, 4.69) is 27.7 Å². The standard InChI is InChI=1S/C7H14O.C6H14O.C6H12/c1-5(2)7(8)6-3-4-6;1-5(2)6(3,4)7;1-5(2)6-3-4-6/h5-8H,3-4H2,1-2H3;5,7H,1-4H3;5-6H,3-4H2,1-2H3. The summed E-state index contributed by atoms with van der Waals surface area (Å²) in [5.41, 5.74) is -0.500. The predicted molar refractivity (Wildman–Crippen MR) is 92.3 cm³/mol. The van der Waals surface area contributed by atoms with Crippen molar-refractivity contribution in [2.24, 2.45) is 29.6 Å². The molecule has 2 nitrogen and oxygen atoms in total. The minimum atomic E-state index is -0.500. The quantitative estimate of drug-likeness (QED) is 0.777. The zero-order valence-electron chi connectivity index (χ0n) is 15.7. The summed E-state index contributed by atoms with van der Waals surface area (Å²) in [5, 5.41) is 18.4. The van der Waals surface area contributed by atoms with Crippen molar-refractivity contribution in [3.05, 3.63) is 0 Å². The van der Waals surface area contributed by atoms with Gasteiger partial charge >= 0.3 is 0 Å². The SMILES string of the molecule is CC(C)C(C)(C)O.CC(C)C(O)C1CC1.CC(C)C1CC1. The smallest absolute Gasteiger partial charge is 0.0614 e. The third-order valence-electron chi connectivity index (χ3n) is 4.77. The van der Waals surface area contributed by atoms with Crippen molar-refractivity contribution in [2.45, 2.75) is 92.8 Å². The molecule has 0 spiro atoms. The Hall–Kier alpha value is -0.0800. The van der Waals surface area contributed by atoms with E-state index in [1.54, 1.807) is 0 Å². The van der Waals surface area contributed by atoms with Crippen molar-refractivity contribution in [1.82, 2.24) is 0 Å². The largest absolute Gasteiger partial charge is 0.393 e. The van der Waals surface area contributed by atoms with Gasteiger partial charge in [-0.2, -0.15) is 0 Å². The molecular formula is C19H40O2. The zero-order chi connectivity index (χ0) is 16.8. The number of rotatable bonds is 4. The summed E-state index contributed by atoms with van der Waals surface area (Å²) in [5.74, 6) is 3.53. The van der Waals surface area contributed by atoms with E-state index in [4.69, 9.17) is 5.11 Å². The maximum Gasteiger partial charge on any atom is 0.0614 e. The van der Waals surface area contributed by atoms with Gasteiger partial charge < -0.3 is 10.2 Å². The van der Waals surface area contributed by atoms with Crippen LogP contribution in [0.25, 0.3) is 0 Å². The summed E-state index contributed by atoms with van der Waals surface area (Å²) >= 11 is 0. The first-order valence-corrected chi connectivity index (χ1v) is 8.87. The summed E-state index contributed by atoms with van der Waals surface area (Å²) < 4.78 is 0. The third kappa shape index (κ3) is 11.2. The Bertz CT molecular complexity index is 253. The molecule has 0 saturated heterocycles. The molecule has 128 valence electrons. The van der Waals surface area contributed by atoms with Crippen LogP contribution < -0.4 is 0 Å². The highest BCUT2D eigenvalue weighted by Gasteiger charge is 2.31. The Morgan fingerprint density at radius 2 is 1.14 bits per heavy atom. The Morgan fingerprint density at radius 1 is 0.810 bits per heavy atom. The number of aliphatic hydroxyl groups excluding tert-OH is 1. The van der Waals surface area contributed by atoms with Gasteiger partial charge in [0, 0.05) is 0 Å². The normalized spacial score (nSPS) is 19.9. The van der Waals surface area contributed by atoms with Gasteiger partial charge in [0.15, 0.2) is 0 Å². The maximum absolute atomic E-state index is 9.27. The molecule has 2 aliphatic carbocycles. The van der Waals surface area contributed by atoms with Crippen molar-refractivity contribution in [3.63, 3.8) is 0 Å². The average molecular weight is 301 g/mol. The van der Waals surface area contributed by atoms with Crippen LogP contribution in [0.2, 0.25) is 0 Å². The van der Waals surface area contributed by atoms with Crippen LogP contribution in [0.15, 0.2) is 0 Å². The van der Waals surface area contributed by atoms with Crippen LogP contribution in [0.4, 0.5) is 0 Å². The van der Waals surface area contributed by atoms with Crippen LogP contribution in [0.5, 0.6) is 0 Å². The molecule has 0 aromatic heterocycles. The molecule has 0 heterocycles. The molecule has 2 heteroatoms. The second kappa shape index (κ2) is 9.15. The average Bonchev–Trinajstić information content (AvgIpc) is 3.16. The fourth-order valence-electron chi connectivity index (χ4n) is 1.74. The molecule has 2 aliphatic rings. The summed E-state index contributed by atoms with van der Waals surface area (Å²) in [6, 6.07) is 0. The van der Waals surface area contributed by atoms with E-state index in [0.717, 1.165) is 11.8 Å². The van der Waals surface area contributed by atoms with E-state index in [1.807, 2.05) is 27.7 Å². The number of aliphatic hydroxyl groups is 2. The van der Waals surface area contributed by atoms with Crippen LogP contribution in [-0.4, -0.2) is 21.9 Å². The van der Waals surface area contributed by atoms with Gasteiger partial charge in [0.2, 0.25) is 0 Å². The van der Waals surface area contributed by atoms with Crippen molar-refractivity contribution >= 4 is 0 Å². The van der Waals surface area contributed by atoms with Crippen LogP contribution in [-0.2, 0) is 0 Å². The highest BCUT2D eigenvalue weighted by molar-refractivity contribution is 4.82. The highest BCUT2D eigenvalue weighted by Crippen LogP contribution is 2.36. The third-order valence-corrected chi connectivity index (χ3v) is 4.77. The molecule has 0 bridgehead atoms. The van der Waals surface area contributed by atoms with Crippen molar-refractivity contribution < 1.29 is 10.2 Å². The van der Waals surface area contributed by atoms with Gasteiger partial charge in [-0.25, -0.2) is 0 Å². The maximum atomic E-state index is 9.27. The van der Waals surface area contributed by atoms with Gasteiger partial charge in [0.1, 0.15) is 0 Å². The van der Waals surface area contributed by atoms with Gasteiger partial charge in [-0.15, -0.1) is 0 Å². The first-order chi connectivity index (χ1) is 9.46. The molecule has 1 unspecified atom stereocenters. The van der Waals surface area contributed by atoms with E-state index in [1.165, 1.54) is 25.7 Å². The van der Waals surface area contributed by atoms with Crippen molar-refractivity contribution in [2.75, 3.05) is 0 Å². The van der Waals surface area contributed by atoms with Crippen molar-refractivity contribution in [1.29, 1.82) is 0 Å². The molecular weight excluding hydrogens is 260 g/mol. The molecule has 0 amide bonds. The van der Waals surface area contributed by atoms with E-state index in [-0.39, 0.29) is 6.10 Å². The molecule has 0 radical (unpaired) electrons. The summed E-state index contributed by atoms with van der Waals surface area (Å²) in [4.78, 5) is 0. The summed E-state index contributed by atoms with van der Waals surface area (Å²) in [6.07, 6.45) is 5.48. The first kappa shape index (κ1) is 20.9. The first-order valence-electron chi connectivity index (χ1n) is 8.87. The van der Waals surface area contributed by atoms with E-state index < -0.39 is 5.60 Å². The second-order valence-corrected chi connectivity index (χ2v) is 8.46. The van der Waals surface area contributed by atoms with E-state index in [0.29, 0.717) is 17.8 Å². The van der Waals surface area contributed by atoms with Crippen LogP contribution in [0.1, 0.15) is 81.1 Å². The molecule has 21 heavy (non-hydrogen) atoms. The van der Waals surface area contributed by atoms with Gasteiger partial charge in [-0.1, -0.05) is 41.5 Å². The van der Waals surface area contributed by atoms with Crippen LogP contribution >= 0.6 is 0 Å². The van der Waals surface area contributed by atoms with Gasteiger partial charge in [-0.05, 0) is 69.1 Å². The van der Waals surface area contributed by atoms with E-state index in [9.17, 15) is 5.11 Å². The Kier molecular flexibility index (Phi) is 9.11. The van der Waals surface area contributed by atoms with Gasteiger partial charge in [-0.3, -0.25) is 0 Å². The lowest BCUT2D eigenvalue weighted by Crippen LogP contribution is -2.25. The minimum Gasteiger partial charge on any atom is -0.393 e. The molecule has 0 aromatic carbocycles. The lowest BCUT2D eigenvalue weighted by Gasteiger charge is -2.21. The topological polar surface area (TPSA) is 40.5 Å². The second-order valence-electron chi connectivity index (χ2n) is 8.46. The van der Waals surface area contributed by atoms with Crippen LogP contribution in [0.3, 0.4) is 0 Å². The lowest BCUT2D eigenvalue weighted by atomic mass is 9.95. The monoisotopic (exact) mass is 300 g/mol.